The first-order valence-corrected chi connectivity index (χ1v) is 11.4. The Labute approximate surface area is 189 Å². The van der Waals surface area contributed by atoms with Crippen molar-refractivity contribution in [1.82, 2.24) is 9.97 Å². The molecule has 0 radical (unpaired) electrons. The van der Waals surface area contributed by atoms with Crippen LogP contribution in [0.1, 0.15) is 5.56 Å². The first kappa shape index (κ1) is 22.0. The highest BCUT2D eigenvalue weighted by Gasteiger charge is 2.37. The molecule has 0 saturated heterocycles. The summed E-state index contributed by atoms with van der Waals surface area (Å²) in [6, 6.07) is 17.6. The smallest absolute Gasteiger partial charge is 0.337 e. The van der Waals surface area contributed by atoms with E-state index in [0.717, 1.165) is 16.6 Å². The highest BCUT2D eigenvalue weighted by molar-refractivity contribution is 9.10. The highest BCUT2D eigenvalue weighted by atomic mass is 79.9. The van der Waals surface area contributed by atoms with Crippen molar-refractivity contribution < 1.29 is 21.6 Å². The van der Waals surface area contributed by atoms with Crippen molar-refractivity contribution >= 4 is 54.3 Å². The summed E-state index contributed by atoms with van der Waals surface area (Å²) >= 11 is 3.33. The molecule has 3 aromatic carbocycles. The van der Waals surface area contributed by atoms with Crippen LogP contribution in [0.5, 0.6) is 0 Å². The summed E-state index contributed by atoms with van der Waals surface area (Å²) in [6.45, 7) is 0. The zero-order valence-electron chi connectivity index (χ0n) is 16.1. The number of alkyl halides is 3. The monoisotopic (exact) mass is 522 g/mol. The van der Waals surface area contributed by atoms with E-state index in [4.69, 9.17) is 0 Å². The van der Waals surface area contributed by atoms with E-state index in [1.165, 1.54) is 6.07 Å². The molecule has 0 unspecified atom stereocenters. The molecule has 4 rings (SSSR count). The molecule has 0 fully saturated rings. The van der Waals surface area contributed by atoms with Gasteiger partial charge in [-0.2, -0.15) is 13.2 Å². The number of halogens is 4. The van der Waals surface area contributed by atoms with Gasteiger partial charge in [-0.05, 0) is 48.5 Å². The lowest BCUT2D eigenvalue weighted by Crippen LogP contribution is -2.20. The molecule has 0 aliphatic heterocycles. The molecule has 0 saturated carbocycles. The molecule has 6 nitrogen and oxygen atoms in total. The van der Waals surface area contributed by atoms with E-state index in [1.54, 1.807) is 48.5 Å². The third kappa shape index (κ3) is 4.68. The fraction of sp³-hybridized carbons (Fsp3) is 0.0476. The Bertz CT molecular complexity index is 1390. The van der Waals surface area contributed by atoms with Crippen LogP contribution in [0, 0.1) is 0 Å². The minimum Gasteiger partial charge on any atom is -0.337 e. The van der Waals surface area contributed by atoms with Crippen molar-refractivity contribution in [3.63, 3.8) is 0 Å². The molecular weight excluding hydrogens is 509 g/mol. The summed E-state index contributed by atoms with van der Waals surface area (Å²) in [5, 5.41) is 2.97. The summed E-state index contributed by atoms with van der Waals surface area (Å²) in [4.78, 5) is 7.79. The molecule has 0 bridgehead atoms. The van der Waals surface area contributed by atoms with E-state index in [-0.39, 0.29) is 11.6 Å². The van der Waals surface area contributed by atoms with E-state index in [0.29, 0.717) is 22.8 Å². The number of rotatable bonds is 5. The molecular formula is C21H14BrF3N4O2S. The van der Waals surface area contributed by atoms with E-state index in [9.17, 15) is 21.6 Å². The molecule has 0 aliphatic carbocycles. The Morgan fingerprint density at radius 3 is 1.97 bits per heavy atom. The quantitative estimate of drug-likeness (QED) is 0.338. The third-order valence-corrected chi connectivity index (χ3v) is 6.32. The van der Waals surface area contributed by atoms with Crippen molar-refractivity contribution in [2.75, 3.05) is 10.0 Å². The highest BCUT2D eigenvalue weighted by Crippen LogP contribution is 2.35. The minimum absolute atomic E-state index is 0.0408. The van der Waals surface area contributed by atoms with Crippen molar-refractivity contribution in [2.24, 2.45) is 0 Å². The molecule has 0 amide bonds. The zero-order valence-corrected chi connectivity index (χ0v) is 18.5. The van der Waals surface area contributed by atoms with Gasteiger partial charge in [0.2, 0.25) is 0 Å². The Morgan fingerprint density at radius 2 is 1.34 bits per heavy atom. The second-order valence-corrected chi connectivity index (χ2v) is 9.21. The van der Waals surface area contributed by atoms with Crippen LogP contribution in [0.3, 0.4) is 0 Å². The number of aromatic nitrogens is 2. The second kappa shape index (κ2) is 8.40. The molecule has 0 spiro atoms. The van der Waals surface area contributed by atoms with Gasteiger partial charge in [0.25, 0.3) is 10.0 Å². The van der Waals surface area contributed by atoms with Crippen molar-refractivity contribution in [2.45, 2.75) is 11.1 Å². The molecule has 1 aromatic heterocycles. The number of anilines is 3. The molecule has 32 heavy (non-hydrogen) atoms. The van der Waals surface area contributed by atoms with Crippen LogP contribution < -0.4 is 10.0 Å². The second-order valence-electron chi connectivity index (χ2n) is 6.64. The van der Waals surface area contributed by atoms with Gasteiger partial charge in [-0.3, -0.25) is 4.72 Å². The molecule has 2 N–H and O–H groups in total. The first-order chi connectivity index (χ1) is 15.1. The number of benzene rings is 3. The van der Waals surface area contributed by atoms with E-state index in [2.05, 4.69) is 35.9 Å². The Morgan fingerprint density at radius 1 is 0.781 bits per heavy atom. The van der Waals surface area contributed by atoms with E-state index < -0.39 is 26.7 Å². The number of nitrogens with one attached hydrogen (secondary N) is 2. The molecule has 0 aliphatic rings. The SMILES string of the molecule is O=S(=O)(Nc1nc2ccccc2nc1Nc1ccc(Br)cc1)c1ccccc1C(F)(F)F. The lowest BCUT2D eigenvalue weighted by atomic mass is 10.2. The summed E-state index contributed by atoms with van der Waals surface area (Å²) < 4.78 is 69.0. The molecule has 4 aromatic rings. The fourth-order valence-corrected chi connectivity index (χ4v) is 4.45. The zero-order chi connectivity index (χ0) is 22.9. The number of para-hydroxylation sites is 2. The normalized spacial score (nSPS) is 12.0. The topological polar surface area (TPSA) is 84.0 Å². The molecule has 164 valence electrons. The van der Waals surface area contributed by atoms with Gasteiger partial charge in [0.05, 0.1) is 21.5 Å². The number of hydrogen-bond acceptors (Lipinski definition) is 5. The Hall–Kier alpha value is -3.18. The van der Waals surface area contributed by atoms with Crippen molar-refractivity contribution in [1.29, 1.82) is 0 Å². The maximum atomic E-state index is 13.4. The number of sulfonamides is 1. The van der Waals surface area contributed by atoms with Crippen molar-refractivity contribution in [3.8, 4) is 0 Å². The largest absolute Gasteiger partial charge is 0.417 e. The van der Waals surface area contributed by atoms with Gasteiger partial charge < -0.3 is 5.32 Å². The lowest BCUT2D eigenvalue weighted by molar-refractivity contribution is -0.139. The standard InChI is InChI=1S/C21H14BrF3N4O2S/c22-13-9-11-14(12-10-13)26-19-20(28-17-7-3-2-6-16(17)27-19)29-32(30,31)18-8-4-1-5-15(18)21(23,24)25/h1-12H,(H,26,27)(H,28,29). The minimum atomic E-state index is -4.85. The molecule has 0 atom stereocenters. The lowest BCUT2D eigenvalue weighted by Gasteiger charge is -2.16. The van der Waals surface area contributed by atoms with Gasteiger partial charge >= 0.3 is 6.18 Å². The van der Waals surface area contributed by atoms with Gasteiger partial charge in [0.15, 0.2) is 11.6 Å². The van der Waals surface area contributed by atoms with Crippen LogP contribution in [-0.4, -0.2) is 18.4 Å². The Balaban J connectivity index is 1.80. The summed E-state index contributed by atoms with van der Waals surface area (Å²) in [5.41, 5.74) is 0.152. The number of fused-ring (bicyclic) bond motifs is 1. The predicted molar refractivity (Wildman–Crippen MR) is 119 cm³/mol. The summed E-state index contributed by atoms with van der Waals surface area (Å²) in [7, 11) is -4.64. The average Bonchev–Trinajstić information content (AvgIpc) is 2.75. The molecule has 1 heterocycles. The van der Waals surface area contributed by atoms with Crippen LogP contribution in [0.15, 0.2) is 82.2 Å². The maximum absolute atomic E-state index is 13.4. The first-order valence-electron chi connectivity index (χ1n) is 9.12. The predicted octanol–water partition coefficient (Wildman–Crippen LogP) is 5.96. The van der Waals surface area contributed by atoms with Crippen LogP contribution in [0.4, 0.5) is 30.5 Å². The van der Waals surface area contributed by atoms with Gasteiger partial charge in [0.1, 0.15) is 0 Å². The van der Waals surface area contributed by atoms with Gasteiger partial charge in [-0.1, -0.05) is 40.2 Å². The maximum Gasteiger partial charge on any atom is 0.417 e. The van der Waals surface area contributed by atoms with E-state index >= 15 is 0 Å². The number of hydrogen-bond donors (Lipinski definition) is 2. The van der Waals surface area contributed by atoms with Gasteiger partial charge in [-0.15, -0.1) is 0 Å². The van der Waals surface area contributed by atoms with Crippen LogP contribution in [0.25, 0.3) is 11.0 Å². The molecule has 11 heteroatoms. The van der Waals surface area contributed by atoms with E-state index in [1.807, 2.05) is 0 Å². The summed E-state index contributed by atoms with van der Waals surface area (Å²) in [6.07, 6.45) is -4.85. The summed E-state index contributed by atoms with van der Waals surface area (Å²) in [5.74, 6) is -0.192. The average molecular weight is 523 g/mol. The number of nitrogens with zero attached hydrogens (tertiary/aromatic N) is 2. The van der Waals surface area contributed by atoms with Crippen LogP contribution >= 0.6 is 15.9 Å². The van der Waals surface area contributed by atoms with Gasteiger partial charge in [0, 0.05) is 10.2 Å². The van der Waals surface area contributed by atoms with Gasteiger partial charge in [-0.25, -0.2) is 18.4 Å². The van der Waals surface area contributed by atoms with Crippen molar-refractivity contribution in [3.05, 3.63) is 82.8 Å². The van der Waals surface area contributed by atoms with Crippen LogP contribution in [0.2, 0.25) is 0 Å². The van der Waals surface area contributed by atoms with Crippen LogP contribution in [-0.2, 0) is 16.2 Å². The fourth-order valence-electron chi connectivity index (χ4n) is 2.95. The Kier molecular flexibility index (Phi) is 5.78. The third-order valence-electron chi connectivity index (χ3n) is 4.39.